The first kappa shape index (κ1) is 8.66. The minimum absolute atomic E-state index is 0.0480. The van der Waals surface area contributed by atoms with Crippen LogP contribution < -0.4 is 0 Å². The van der Waals surface area contributed by atoms with Crippen molar-refractivity contribution in [3.63, 3.8) is 0 Å². The zero-order chi connectivity index (χ0) is 7.28. The normalized spacial score (nSPS) is 15.8. The first-order valence-electron chi connectivity index (χ1n) is 3.14. The third kappa shape index (κ3) is 3.27. The Bertz CT molecular complexity index is 97.1. The van der Waals surface area contributed by atoms with Crippen LogP contribution >= 0.6 is 0 Å². The molecule has 0 heterocycles. The van der Waals surface area contributed by atoms with Crippen molar-refractivity contribution >= 4 is 0 Å². The molecule has 1 atom stereocenters. The van der Waals surface area contributed by atoms with Crippen LogP contribution in [0.4, 0.5) is 0 Å². The molecule has 0 aromatic heterocycles. The molecular weight excluding hydrogens is 116 g/mol. The van der Waals surface area contributed by atoms with E-state index in [2.05, 4.69) is 0 Å². The average Bonchev–Trinajstić information content (AvgIpc) is 1.87. The fourth-order valence-corrected chi connectivity index (χ4v) is 0.542. The predicted molar refractivity (Wildman–Crippen MR) is 37.1 cm³/mol. The van der Waals surface area contributed by atoms with Crippen molar-refractivity contribution in [2.45, 2.75) is 26.4 Å². The Hall–Kier alpha value is -0.340. The maximum atomic E-state index is 9.09. The fourth-order valence-electron chi connectivity index (χ4n) is 0.542. The van der Waals surface area contributed by atoms with E-state index in [1.165, 1.54) is 0 Å². The van der Waals surface area contributed by atoms with Gasteiger partial charge in [0.2, 0.25) is 0 Å². The largest absolute Gasteiger partial charge is 0.396 e. The van der Waals surface area contributed by atoms with Crippen molar-refractivity contribution in [3.05, 3.63) is 11.6 Å². The summed E-state index contributed by atoms with van der Waals surface area (Å²) in [5.74, 6) is 0. The molecule has 2 heteroatoms. The summed E-state index contributed by atoms with van der Waals surface area (Å²) < 4.78 is 0. The standard InChI is InChI=1S/C7H14O2/c1-3-6(2)7(9)4-5-8/h3,7-9H,4-5H2,1-2H3/b6-3-. The van der Waals surface area contributed by atoms with Crippen LogP contribution in [-0.4, -0.2) is 22.9 Å². The summed E-state index contributed by atoms with van der Waals surface area (Å²) in [6, 6.07) is 0. The van der Waals surface area contributed by atoms with Gasteiger partial charge in [-0.1, -0.05) is 6.08 Å². The summed E-state index contributed by atoms with van der Waals surface area (Å²) in [7, 11) is 0. The van der Waals surface area contributed by atoms with E-state index in [4.69, 9.17) is 10.2 Å². The molecule has 0 rings (SSSR count). The Kier molecular flexibility index (Phi) is 4.36. The Balaban J connectivity index is 3.59. The molecule has 0 saturated heterocycles. The van der Waals surface area contributed by atoms with Crippen LogP contribution in [0.1, 0.15) is 20.3 Å². The number of hydrogen-bond donors (Lipinski definition) is 2. The number of allylic oxidation sites excluding steroid dienone is 1. The fraction of sp³-hybridized carbons (Fsp3) is 0.714. The van der Waals surface area contributed by atoms with Gasteiger partial charge in [-0.05, 0) is 19.4 Å². The quantitative estimate of drug-likeness (QED) is 0.552. The molecule has 0 aromatic carbocycles. The zero-order valence-electron chi connectivity index (χ0n) is 5.96. The van der Waals surface area contributed by atoms with Crippen molar-refractivity contribution in [2.24, 2.45) is 0 Å². The van der Waals surface area contributed by atoms with Gasteiger partial charge in [-0.2, -0.15) is 0 Å². The molecule has 0 saturated carbocycles. The highest BCUT2D eigenvalue weighted by Gasteiger charge is 2.02. The Morgan fingerprint density at radius 3 is 2.56 bits per heavy atom. The average molecular weight is 130 g/mol. The summed E-state index contributed by atoms with van der Waals surface area (Å²) in [4.78, 5) is 0. The highest BCUT2D eigenvalue weighted by atomic mass is 16.3. The lowest BCUT2D eigenvalue weighted by Crippen LogP contribution is -2.09. The maximum Gasteiger partial charge on any atom is 0.0769 e. The van der Waals surface area contributed by atoms with Crippen LogP contribution in [0, 0.1) is 0 Å². The predicted octanol–water partition coefficient (Wildman–Crippen LogP) is 0.696. The lowest BCUT2D eigenvalue weighted by molar-refractivity contribution is 0.161. The summed E-state index contributed by atoms with van der Waals surface area (Å²) in [5, 5.41) is 17.5. The van der Waals surface area contributed by atoms with Crippen molar-refractivity contribution < 1.29 is 10.2 Å². The van der Waals surface area contributed by atoms with E-state index in [0.29, 0.717) is 6.42 Å². The molecule has 2 nitrogen and oxygen atoms in total. The summed E-state index contributed by atoms with van der Waals surface area (Å²) in [6.45, 7) is 3.77. The molecular formula is C7H14O2. The molecule has 9 heavy (non-hydrogen) atoms. The van der Waals surface area contributed by atoms with E-state index in [-0.39, 0.29) is 6.61 Å². The molecule has 0 amide bonds. The number of hydrogen-bond acceptors (Lipinski definition) is 2. The minimum Gasteiger partial charge on any atom is -0.396 e. The highest BCUT2D eigenvalue weighted by molar-refractivity contribution is 5.02. The van der Waals surface area contributed by atoms with Gasteiger partial charge in [-0.25, -0.2) is 0 Å². The van der Waals surface area contributed by atoms with E-state index in [9.17, 15) is 0 Å². The second-order valence-electron chi connectivity index (χ2n) is 2.06. The number of aliphatic hydroxyl groups is 2. The number of aliphatic hydroxyl groups excluding tert-OH is 2. The van der Waals surface area contributed by atoms with Crippen molar-refractivity contribution in [1.82, 2.24) is 0 Å². The van der Waals surface area contributed by atoms with Gasteiger partial charge >= 0.3 is 0 Å². The number of rotatable bonds is 3. The minimum atomic E-state index is -0.458. The smallest absolute Gasteiger partial charge is 0.0769 e. The van der Waals surface area contributed by atoms with Crippen LogP contribution in [0.5, 0.6) is 0 Å². The Morgan fingerprint density at radius 1 is 1.67 bits per heavy atom. The van der Waals surface area contributed by atoms with E-state index in [0.717, 1.165) is 5.57 Å². The van der Waals surface area contributed by atoms with Crippen molar-refractivity contribution in [2.75, 3.05) is 6.61 Å². The second-order valence-corrected chi connectivity index (χ2v) is 2.06. The van der Waals surface area contributed by atoms with Gasteiger partial charge in [0, 0.05) is 13.0 Å². The van der Waals surface area contributed by atoms with E-state index < -0.39 is 6.10 Å². The molecule has 0 aliphatic rings. The zero-order valence-corrected chi connectivity index (χ0v) is 5.96. The van der Waals surface area contributed by atoms with Gasteiger partial charge in [-0.15, -0.1) is 0 Å². The summed E-state index contributed by atoms with van der Waals surface area (Å²) >= 11 is 0. The SMILES string of the molecule is C/C=C(/C)C(O)CCO. The molecule has 0 aromatic rings. The Morgan fingerprint density at radius 2 is 2.22 bits per heavy atom. The molecule has 0 aliphatic heterocycles. The third-order valence-electron chi connectivity index (χ3n) is 1.38. The molecule has 0 bridgehead atoms. The van der Waals surface area contributed by atoms with Gasteiger partial charge in [0.1, 0.15) is 0 Å². The van der Waals surface area contributed by atoms with E-state index >= 15 is 0 Å². The molecule has 1 unspecified atom stereocenters. The molecule has 2 N–H and O–H groups in total. The molecule has 54 valence electrons. The molecule has 0 spiro atoms. The lowest BCUT2D eigenvalue weighted by atomic mass is 10.1. The van der Waals surface area contributed by atoms with Gasteiger partial charge in [0.05, 0.1) is 6.10 Å². The maximum absolute atomic E-state index is 9.09. The molecule has 0 radical (unpaired) electrons. The van der Waals surface area contributed by atoms with Crippen LogP contribution in [0.3, 0.4) is 0 Å². The van der Waals surface area contributed by atoms with Crippen LogP contribution in [-0.2, 0) is 0 Å². The first-order chi connectivity index (χ1) is 4.22. The lowest BCUT2D eigenvalue weighted by Gasteiger charge is -2.07. The molecule has 0 aliphatic carbocycles. The van der Waals surface area contributed by atoms with Gasteiger partial charge in [0.25, 0.3) is 0 Å². The highest BCUT2D eigenvalue weighted by Crippen LogP contribution is 2.03. The van der Waals surface area contributed by atoms with Gasteiger partial charge in [0.15, 0.2) is 0 Å². The van der Waals surface area contributed by atoms with E-state index in [1.807, 2.05) is 19.9 Å². The summed E-state index contributed by atoms with van der Waals surface area (Å²) in [5.41, 5.74) is 0.920. The van der Waals surface area contributed by atoms with Crippen LogP contribution in [0.2, 0.25) is 0 Å². The monoisotopic (exact) mass is 130 g/mol. The van der Waals surface area contributed by atoms with Gasteiger partial charge in [-0.3, -0.25) is 0 Å². The first-order valence-corrected chi connectivity index (χ1v) is 3.14. The topological polar surface area (TPSA) is 40.5 Å². The van der Waals surface area contributed by atoms with Crippen molar-refractivity contribution in [3.8, 4) is 0 Å². The van der Waals surface area contributed by atoms with Crippen LogP contribution in [0.15, 0.2) is 11.6 Å². The van der Waals surface area contributed by atoms with Crippen LogP contribution in [0.25, 0.3) is 0 Å². The van der Waals surface area contributed by atoms with Crippen molar-refractivity contribution in [1.29, 1.82) is 0 Å². The molecule has 0 fully saturated rings. The van der Waals surface area contributed by atoms with E-state index in [1.54, 1.807) is 0 Å². The third-order valence-corrected chi connectivity index (χ3v) is 1.38. The Labute approximate surface area is 55.8 Å². The second kappa shape index (κ2) is 4.53. The summed E-state index contributed by atoms with van der Waals surface area (Å²) in [6.07, 6.45) is 1.83. The van der Waals surface area contributed by atoms with Gasteiger partial charge < -0.3 is 10.2 Å².